The van der Waals surface area contributed by atoms with Crippen molar-refractivity contribution in [2.45, 2.75) is 6.54 Å². The molecule has 1 aliphatic heterocycles. The third kappa shape index (κ3) is 6.20. The SMILES string of the molecule is COc1cc(Oc2cccc(Nc3ccccc3)c2)cc(OC)c1CN1CCN(CCO)CC1. The lowest BCUT2D eigenvalue weighted by atomic mass is 10.1. The fraction of sp³-hybridized carbons (Fsp3) is 0.333. The summed E-state index contributed by atoms with van der Waals surface area (Å²) >= 11 is 0. The standard InChI is InChI=1S/C27H33N3O4/c1-32-26-18-24(34-23-10-6-9-22(17-23)28-21-7-4-3-5-8-21)19-27(33-2)25(26)20-30-13-11-29(12-14-30)15-16-31/h3-10,17-19,28,31H,11-16,20H2,1-2H3. The Kier molecular flexibility index (Phi) is 8.25. The van der Waals surface area contributed by atoms with Crippen molar-refractivity contribution in [2.75, 3.05) is 58.9 Å². The summed E-state index contributed by atoms with van der Waals surface area (Å²) in [4.78, 5) is 4.66. The zero-order valence-electron chi connectivity index (χ0n) is 19.9. The molecule has 1 fully saturated rings. The molecule has 0 aliphatic carbocycles. The predicted molar refractivity (Wildman–Crippen MR) is 135 cm³/mol. The van der Waals surface area contributed by atoms with E-state index in [2.05, 4.69) is 15.1 Å². The first-order valence-electron chi connectivity index (χ1n) is 11.6. The van der Waals surface area contributed by atoms with E-state index in [-0.39, 0.29) is 6.61 Å². The molecular weight excluding hydrogens is 430 g/mol. The Balaban J connectivity index is 1.48. The normalized spacial score (nSPS) is 14.6. The van der Waals surface area contributed by atoms with Crippen LogP contribution in [0.2, 0.25) is 0 Å². The molecule has 0 amide bonds. The number of para-hydroxylation sites is 1. The highest BCUT2D eigenvalue weighted by Gasteiger charge is 2.21. The number of nitrogens with zero attached hydrogens (tertiary/aromatic N) is 2. The van der Waals surface area contributed by atoms with Crippen LogP contribution < -0.4 is 19.5 Å². The monoisotopic (exact) mass is 463 g/mol. The molecule has 0 saturated carbocycles. The van der Waals surface area contributed by atoms with Crippen LogP contribution in [0.4, 0.5) is 11.4 Å². The molecule has 7 heteroatoms. The second-order valence-electron chi connectivity index (χ2n) is 8.27. The Morgan fingerprint density at radius 1 is 0.765 bits per heavy atom. The van der Waals surface area contributed by atoms with Crippen LogP contribution >= 0.6 is 0 Å². The summed E-state index contributed by atoms with van der Waals surface area (Å²) in [5.74, 6) is 2.86. The van der Waals surface area contributed by atoms with Crippen molar-refractivity contribution >= 4 is 11.4 Å². The molecule has 0 spiro atoms. The first-order chi connectivity index (χ1) is 16.7. The number of β-amino-alcohol motifs (C(OH)–C–C–N with tert-alkyl or cyclic N) is 1. The van der Waals surface area contributed by atoms with Gasteiger partial charge in [0.05, 0.1) is 26.4 Å². The number of benzene rings is 3. The van der Waals surface area contributed by atoms with E-state index in [0.717, 1.165) is 73.5 Å². The number of methoxy groups -OCH3 is 2. The summed E-state index contributed by atoms with van der Waals surface area (Å²) < 4.78 is 17.6. The Hall–Kier alpha value is -3.26. The van der Waals surface area contributed by atoms with Crippen molar-refractivity contribution in [2.24, 2.45) is 0 Å². The van der Waals surface area contributed by atoms with Crippen molar-refractivity contribution in [1.82, 2.24) is 9.80 Å². The van der Waals surface area contributed by atoms with Crippen LogP contribution in [0.15, 0.2) is 66.7 Å². The Bertz CT molecular complexity index is 1030. The fourth-order valence-electron chi connectivity index (χ4n) is 4.17. The van der Waals surface area contributed by atoms with Gasteiger partial charge in [0.2, 0.25) is 0 Å². The van der Waals surface area contributed by atoms with Crippen LogP contribution in [0.3, 0.4) is 0 Å². The molecule has 180 valence electrons. The third-order valence-electron chi connectivity index (χ3n) is 5.98. The van der Waals surface area contributed by atoms with Crippen LogP contribution in [-0.2, 0) is 6.54 Å². The topological polar surface area (TPSA) is 66.4 Å². The Morgan fingerprint density at radius 3 is 2.06 bits per heavy atom. The first kappa shape index (κ1) is 23.9. The number of hydrogen-bond acceptors (Lipinski definition) is 7. The summed E-state index contributed by atoms with van der Waals surface area (Å²) in [7, 11) is 3.34. The van der Waals surface area contributed by atoms with Gasteiger partial charge in [0.15, 0.2) is 0 Å². The summed E-state index contributed by atoms with van der Waals surface area (Å²) in [6, 6.07) is 21.7. The van der Waals surface area contributed by atoms with Gasteiger partial charge in [-0.25, -0.2) is 0 Å². The van der Waals surface area contributed by atoms with Crippen LogP contribution in [0.5, 0.6) is 23.0 Å². The van der Waals surface area contributed by atoms with Crippen molar-refractivity contribution in [1.29, 1.82) is 0 Å². The highest BCUT2D eigenvalue weighted by atomic mass is 16.5. The molecule has 0 radical (unpaired) electrons. The lowest BCUT2D eigenvalue weighted by Gasteiger charge is -2.34. The van der Waals surface area contributed by atoms with Crippen molar-refractivity contribution < 1.29 is 19.3 Å². The van der Waals surface area contributed by atoms with Crippen LogP contribution in [0.25, 0.3) is 0 Å². The highest BCUT2D eigenvalue weighted by molar-refractivity contribution is 5.61. The maximum Gasteiger partial charge on any atom is 0.134 e. The van der Waals surface area contributed by atoms with Crippen LogP contribution in [0, 0.1) is 0 Å². The molecule has 2 N–H and O–H groups in total. The number of aliphatic hydroxyl groups is 1. The molecule has 3 aromatic carbocycles. The molecule has 1 heterocycles. The zero-order chi connectivity index (χ0) is 23.8. The number of anilines is 2. The summed E-state index contributed by atoms with van der Waals surface area (Å²) in [6.45, 7) is 5.43. The van der Waals surface area contributed by atoms with E-state index >= 15 is 0 Å². The number of aliphatic hydroxyl groups excluding tert-OH is 1. The van der Waals surface area contributed by atoms with E-state index in [0.29, 0.717) is 5.75 Å². The molecule has 34 heavy (non-hydrogen) atoms. The highest BCUT2D eigenvalue weighted by Crippen LogP contribution is 2.37. The number of ether oxygens (including phenoxy) is 3. The number of piperazine rings is 1. The smallest absolute Gasteiger partial charge is 0.134 e. The molecule has 1 aliphatic rings. The minimum atomic E-state index is 0.203. The Labute approximate surface area is 201 Å². The number of hydrogen-bond donors (Lipinski definition) is 2. The maximum absolute atomic E-state index is 9.17. The van der Waals surface area contributed by atoms with Crippen molar-refractivity contribution in [3.8, 4) is 23.0 Å². The van der Waals surface area contributed by atoms with Gasteiger partial charge in [-0.15, -0.1) is 0 Å². The lowest BCUT2D eigenvalue weighted by Crippen LogP contribution is -2.46. The minimum absolute atomic E-state index is 0.203. The van der Waals surface area contributed by atoms with Gasteiger partial charge in [-0.2, -0.15) is 0 Å². The van der Waals surface area contributed by atoms with Gasteiger partial charge >= 0.3 is 0 Å². The van der Waals surface area contributed by atoms with E-state index in [4.69, 9.17) is 19.3 Å². The molecule has 1 saturated heterocycles. The van der Waals surface area contributed by atoms with E-state index < -0.39 is 0 Å². The average Bonchev–Trinajstić information content (AvgIpc) is 2.87. The van der Waals surface area contributed by atoms with Crippen molar-refractivity contribution in [3.63, 3.8) is 0 Å². The second kappa shape index (κ2) is 11.7. The summed E-state index contributed by atoms with van der Waals surface area (Å²) in [5, 5.41) is 12.6. The summed E-state index contributed by atoms with van der Waals surface area (Å²) in [6.07, 6.45) is 0. The van der Waals surface area contributed by atoms with Gasteiger partial charge in [0.25, 0.3) is 0 Å². The molecule has 0 bridgehead atoms. The average molecular weight is 464 g/mol. The van der Waals surface area contributed by atoms with Crippen LogP contribution in [-0.4, -0.2) is 68.5 Å². The third-order valence-corrected chi connectivity index (χ3v) is 5.98. The zero-order valence-corrected chi connectivity index (χ0v) is 19.9. The molecular formula is C27H33N3O4. The summed E-state index contributed by atoms with van der Waals surface area (Å²) in [5.41, 5.74) is 2.97. The van der Waals surface area contributed by atoms with Gasteiger partial charge in [-0.05, 0) is 24.3 Å². The molecule has 7 nitrogen and oxygen atoms in total. The molecule has 4 rings (SSSR count). The minimum Gasteiger partial charge on any atom is -0.496 e. The fourth-order valence-corrected chi connectivity index (χ4v) is 4.17. The molecule has 0 atom stereocenters. The van der Waals surface area contributed by atoms with Gasteiger partial charge in [-0.1, -0.05) is 24.3 Å². The van der Waals surface area contributed by atoms with Gasteiger partial charge in [0, 0.05) is 68.8 Å². The van der Waals surface area contributed by atoms with Gasteiger partial charge in [0.1, 0.15) is 23.0 Å². The second-order valence-corrected chi connectivity index (χ2v) is 8.27. The molecule has 0 unspecified atom stereocenters. The molecule has 0 aromatic heterocycles. The van der Waals surface area contributed by atoms with E-state index in [1.807, 2.05) is 66.7 Å². The largest absolute Gasteiger partial charge is 0.496 e. The van der Waals surface area contributed by atoms with Crippen molar-refractivity contribution in [3.05, 3.63) is 72.3 Å². The van der Waals surface area contributed by atoms with Crippen LogP contribution in [0.1, 0.15) is 5.56 Å². The number of rotatable bonds is 10. The first-order valence-corrected chi connectivity index (χ1v) is 11.6. The maximum atomic E-state index is 9.17. The van der Waals surface area contributed by atoms with E-state index in [1.165, 1.54) is 0 Å². The van der Waals surface area contributed by atoms with Gasteiger partial charge in [-0.3, -0.25) is 9.80 Å². The Morgan fingerprint density at radius 2 is 1.41 bits per heavy atom. The number of nitrogens with one attached hydrogen (secondary N) is 1. The molecule has 3 aromatic rings. The van der Waals surface area contributed by atoms with E-state index in [9.17, 15) is 0 Å². The predicted octanol–water partition coefficient (Wildman–Crippen LogP) is 4.35. The lowest BCUT2D eigenvalue weighted by molar-refractivity contribution is 0.107. The quantitative estimate of drug-likeness (QED) is 0.463. The van der Waals surface area contributed by atoms with Gasteiger partial charge < -0.3 is 24.6 Å². The van der Waals surface area contributed by atoms with E-state index in [1.54, 1.807) is 14.2 Å².